The van der Waals surface area contributed by atoms with Crippen LogP contribution in [0.25, 0.3) is 0 Å². The van der Waals surface area contributed by atoms with Gasteiger partial charge in [-0.3, -0.25) is 4.99 Å². The molecular formula is C21H21N5O3. The van der Waals surface area contributed by atoms with E-state index in [2.05, 4.69) is 25.2 Å². The molecule has 3 aromatic rings. The first-order valence-corrected chi connectivity index (χ1v) is 8.95. The number of phenolic OH excluding ortho intramolecular Hbond substituents is 1. The van der Waals surface area contributed by atoms with Crippen molar-refractivity contribution in [2.24, 2.45) is 15.2 Å². The molecule has 0 saturated carbocycles. The van der Waals surface area contributed by atoms with Crippen LogP contribution in [0.5, 0.6) is 5.75 Å². The molecule has 0 spiro atoms. The number of benzene rings is 2. The van der Waals surface area contributed by atoms with E-state index in [1.54, 1.807) is 18.3 Å². The monoisotopic (exact) mass is 391 g/mol. The molecule has 0 aliphatic rings. The summed E-state index contributed by atoms with van der Waals surface area (Å²) >= 11 is 0. The van der Waals surface area contributed by atoms with E-state index in [1.165, 1.54) is 25.7 Å². The minimum atomic E-state index is -0.766. The quantitative estimate of drug-likeness (QED) is 0.359. The van der Waals surface area contributed by atoms with Crippen LogP contribution in [0.4, 0.5) is 11.4 Å². The zero-order valence-electron chi connectivity index (χ0n) is 16.1. The van der Waals surface area contributed by atoms with Gasteiger partial charge in [0.25, 0.3) is 0 Å². The molecule has 1 heterocycles. The van der Waals surface area contributed by atoms with Gasteiger partial charge in [0, 0.05) is 30.1 Å². The number of hydrogen-bond donors (Lipinski definition) is 2. The van der Waals surface area contributed by atoms with Crippen LogP contribution < -0.4 is 0 Å². The summed E-state index contributed by atoms with van der Waals surface area (Å²) in [5, 5.41) is 18.5. The molecule has 0 radical (unpaired) electrons. The summed E-state index contributed by atoms with van der Waals surface area (Å²) in [4.78, 5) is 23.2. The maximum atomic E-state index is 12.0. The molecule has 3 rings (SSSR count). The minimum absolute atomic E-state index is 0.0215. The Bertz CT molecular complexity index is 1010. The van der Waals surface area contributed by atoms with Crippen molar-refractivity contribution in [3.05, 3.63) is 71.8 Å². The number of carbonyl (C=O) groups is 1. The number of nitrogens with zero attached hydrogens (tertiary/aromatic N) is 4. The molecule has 0 aliphatic carbocycles. The van der Waals surface area contributed by atoms with E-state index in [0.29, 0.717) is 17.7 Å². The van der Waals surface area contributed by atoms with Crippen molar-refractivity contribution in [2.45, 2.75) is 19.4 Å². The van der Waals surface area contributed by atoms with Gasteiger partial charge in [-0.25, -0.2) is 9.78 Å². The predicted octanol–water partition coefficient (Wildman–Crippen LogP) is 4.04. The lowest BCUT2D eigenvalue weighted by molar-refractivity contribution is -0.142. The number of aromatic hydroxyl groups is 1. The van der Waals surface area contributed by atoms with Crippen LogP contribution >= 0.6 is 0 Å². The van der Waals surface area contributed by atoms with Crippen molar-refractivity contribution in [1.82, 2.24) is 9.97 Å². The number of aromatic amines is 1. The number of aromatic nitrogens is 2. The molecule has 148 valence electrons. The van der Waals surface area contributed by atoms with Crippen LogP contribution in [0.15, 0.2) is 70.2 Å². The number of H-pyrrole nitrogens is 1. The Kier molecular flexibility index (Phi) is 6.47. The lowest BCUT2D eigenvalue weighted by atomic mass is 10.1. The average molecular weight is 391 g/mol. The van der Waals surface area contributed by atoms with Gasteiger partial charge in [0.15, 0.2) is 6.04 Å². The fraction of sp³-hybridized carbons (Fsp3) is 0.190. The molecule has 0 aliphatic heterocycles. The second kappa shape index (κ2) is 9.41. The fourth-order valence-corrected chi connectivity index (χ4v) is 2.54. The summed E-state index contributed by atoms with van der Waals surface area (Å²) < 4.78 is 4.82. The number of imidazole rings is 1. The van der Waals surface area contributed by atoms with E-state index in [4.69, 9.17) is 4.74 Å². The van der Waals surface area contributed by atoms with Gasteiger partial charge in [-0.2, -0.15) is 10.2 Å². The first-order chi connectivity index (χ1) is 14.0. The maximum Gasteiger partial charge on any atom is 0.330 e. The Hall–Kier alpha value is -3.81. The SMILES string of the molecule is COC(=O)C(Cc1cnc[nH]1)N=Cc1cc(N=Nc2ccc(C)cc2)ccc1O. The number of carbonyl (C=O) groups excluding carboxylic acids is 1. The highest BCUT2D eigenvalue weighted by Gasteiger charge is 2.19. The lowest BCUT2D eigenvalue weighted by Crippen LogP contribution is -2.23. The van der Waals surface area contributed by atoms with Gasteiger partial charge >= 0.3 is 5.97 Å². The number of phenols is 1. The summed E-state index contributed by atoms with van der Waals surface area (Å²) in [6.45, 7) is 2.00. The number of esters is 1. The van der Waals surface area contributed by atoms with Gasteiger partial charge in [0.1, 0.15) is 5.75 Å². The third kappa shape index (κ3) is 5.58. The van der Waals surface area contributed by atoms with E-state index >= 15 is 0 Å². The van der Waals surface area contributed by atoms with Crippen molar-refractivity contribution in [3.63, 3.8) is 0 Å². The molecule has 0 saturated heterocycles. The molecule has 1 atom stereocenters. The average Bonchev–Trinajstić information content (AvgIpc) is 3.25. The Morgan fingerprint density at radius 1 is 1.21 bits per heavy atom. The van der Waals surface area contributed by atoms with Crippen molar-refractivity contribution < 1.29 is 14.6 Å². The molecule has 1 unspecified atom stereocenters. The third-order valence-electron chi connectivity index (χ3n) is 4.16. The van der Waals surface area contributed by atoms with E-state index in [-0.39, 0.29) is 5.75 Å². The molecule has 0 fully saturated rings. The predicted molar refractivity (Wildman–Crippen MR) is 109 cm³/mol. The van der Waals surface area contributed by atoms with Crippen LogP contribution in [-0.4, -0.2) is 40.4 Å². The number of nitrogens with one attached hydrogen (secondary N) is 1. The molecule has 0 amide bonds. The number of aryl methyl sites for hydroxylation is 1. The highest BCUT2D eigenvalue weighted by Crippen LogP contribution is 2.24. The number of methoxy groups -OCH3 is 1. The Morgan fingerprint density at radius 3 is 2.62 bits per heavy atom. The minimum Gasteiger partial charge on any atom is -0.507 e. The smallest absolute Gasteiger partial charge is 0.330 e. The number of ether oxygens (including phenoxy) is 1. The molecule has 8 nitrogen and oxygen atoms in total. The van der Waals surface area contributed by atoms with Crippen LogP contribution in [0.3, 0.4) is 0 Å². The number of azo groups is 1. The second-order valence-corrected chi connectivity index (χ2v) is 6.38. The second-order valence-electron chi connectivity index (χ2n) is 6.38. The normalized spacial score (nSPS) is 12.5. The van der Waals surface area contributed by atoms with Gasteiger partial charge in [-0.15, -0.1) is 0 Å². The van der Waals surface area contributed by atoms with Gasteiger partial charge in [0.2, 0.25) is 0 Å². The van der Waals surface area contributed by atoms with Crippen LogP contribution in [0.1, 0.15) is 16.8 Å². The molecule has 2 N–H and O–H groups in total. The number of rotatable bonds is 7. The van der Waals surface area contributed by atoms with E-state index < -0.39 is 12.0 Å². The molecule has 29 heavy (non-hydrogen) atoms. The largest absolute Gasteiger partial charge is 0.507 e. The lowest BCUT2D eigenvalue weighted by Gasteiger charge is -2.09. The highest BCUT2D eigenvalue weighted by molar-refractivity contribution is 5.87. The first kappa shape index (κ1) is 19.9. The molecule has 0 bridgehead atoms. The zero-order valence-corrected chi connectivity index (χ0v) is 16.1. The maximum absolute atomic E-state index is 12.0. The summed E-state index contributed by atoms with van der Waals surface area (Å²) in [6, 6.07) is 11.7. The first-order valence-electron chi connectivity index (χ1n) is 8.95. The summed E-state index contributed by atoms with van der Waals surface area (Å²) in [5.74, 6) is -0.459. The molecule has 2 aromatic carbocycles. The van der Waals surface area contributed by atoms with Gasteiger partial charge < -0.3 is 14.8 Å². The highest BCUT2D eigenvalue weighted by atomic mass is 16.5. The Morgan fingerprint density at radius 2 is 1.93 bits per heavy atom. The Balaban J connectivity index is 1.78. The standard InChI is InChI=1S/C21H21N5O3/c1-14-3-5-16(6-4-14)25-26-17-7-8-20(27)15(9-17)11-23-19(21(28)29-2)10-18-12-22-13-24-18/h3-9,11-13,19,27H,10H2,1-2H3,(H,22,24). The van der Waals surface area contributed by atoms with E-state index in [1.807, 2.05) is 31.2 Å². The molecule has 8 heteroatoms. The molecular weight excluding hydrogens is 370 g/mol. The third-order valence-corrected chi connectivity index (χ3v) is 4.16. The van der Waals surface area contributed by atoms with Gasteiger partial charge in [0.05, 0.1) is 24.8 Å². The van der Waals surface area contributed by atoms with Crippen LogP contribution in [0, 0.1) is 6.92 Å². The summed E-state index contributed by atoms with van der Waals surface area (Å²) in [5.41, 5.74) is 3.59. The van der Waals surface area contributed by atoms with E-state index in [9.17, 15) is 9.90 Å². The summed E-state index contributed by atoms with van der Waals surface area (Å²) in [7, 11) is 1.31. The van der Waals surface area contributed by atoms with Crippen LogP contribution in [-0.2, 0) is 16.0 Å². The van der Waals surface area contributed by atoms with E-state index in [0.717, 1.165) is 16.9 Å². The van der Waals surface area contributed by atoms with Crippen molar-refractivity contribution in [2.75, 3.05) is 7.11 Å². The van der Waals surface area contributed by atoms with Crippen molar-refractivity contribution in [3.8, 4) is 5.75 Å². The van der Waals surface area contributed by atoms with Crippen LogP contribution in [0.2, 0.25) is 0 Å². The molecule has 1 aromatic heterocycles. The number of hydrogen-bond acceptors (Lipinski definition) is 7. The Labute approximate surface area is 168 Å². The summed E-state index contributed by atoms with van der Waals surface area (Å²) in [6.07, 6.45) is 4.88. The van der Waals surface area contributed by atoms with Gasteiger partial charge in [-0.1, -0.05) is 17.7 Å². The topological polar surface area (TPSA) is 112 Å². The van der Waals surface area contributed by atoms with Crippen molar-refractivity contribution in [1.29, 1.82) is 0 Å². The number of aliphatic imine (C=N–C) groups is 1. The van der Waals surface area contributed by atoms with Crippen molar-refractivity contribution >= 4 is 23.6 Å². The zero-order chi connectivity index (χ0) is 20.6. The van der Waals surface area contributed by atoms with Gasteiger partial charge in [-0.05, 0) is 37.3 Å². The fourth-order valence-electron chi connectivity index (χ4n) is 2.54.